The van der Waals surface area contributed by atoms with Crippen LogP contribution in [0.15, 0.2) is 16.8 Å². The van der Waals surface area contributed by atoms with Crippen LogP contribution in [0.25, 0.3) is 0 Å². The molecule has 136 valence electrons. The molecule has 25 heavy (non-hydrogen) atoms. The number of hydrogen-bond acceptors (Lipinski definition) is 8. The second-order valence-corrected chi connectivity index (χ2v) is 5.53. The number of rotatable bonds is 1. The van der Waals surface area contributed by atoms with E-state index in [-0.39, 0.29) is 25.0 Å². The fraction of sp³-hybridized carbons (Fsp3) is 0.500. The summed E-state index contributed by atoms with van der Waals surface area (Å²) < 4.78 is 5.58. The molecule has 1 atom stereocenters. The first-order valence-corrected chi connectivity index (χ1v) is 7.65. The van der Waals surface area contributed by atoms with E-state index in [0.717, 1.165) is 0 Å². The Labute approximate surface area is 144 Å². The van der Waals surface area contributed by atoms with E-state index >= 15 is 0 Å². The van der Waals surface area contributed by atoms with Crippen molar-refractivity contribution in [1.29, 1.82) is 0 Å². The van der Waals surface area contributed by atoms with Crippen molar-refractivity contribution in [2.75, 3.05) is 20.6 Å². The Morgan fingerprint density at radius 2 is 1.92 bits per heavy atom. The zero-order valence-corrected chi connectivity index (χ0v) is 14.3. The van der Waals surface area contributed by atoms with Gasteiger partial charge in [-0.2, -0.15) is 0 Å². The lowest BCUT2D eigenvalue weighted by molar-refractivity contribution is -0.120. The predicted octanol–water partition coefficient (Wildman–Crippen LogP) is -0.0955. The minimum absolute atomic E-state index is 0.0545. The number of likely N-dealkylation sites (N-methyl/N-ethyl adjacent to an activating group) is 1. The van der Waals surface area contributed by atoms with Gasteiger partial charge in [0.1, 0.15) is 6.04 Å². The standard InChI is InChI=1S/C14H21N7O4/c1-5-9-12-19-18-11(25-12)6-15-13(23)17-14(24)16-10(22)7-20(3)8(2)21(9)4/h9H,2,5-7H2,1,3-4H3,(H3,15,16,17,22,23,24). The molecule has 5 amide bonds. The van der Waals surface area contributed by atoms with Gasteiger partial charge in [0.15, 0.2) is 0 Å². The molecule has 1 aromatic heterocycles. The molecule has 2 rings (SSSR count). The maximum atomic E-state index is 11.9. The van der Waals surface area contributed by atoms with Gasteiger partial charge in [0.05, 0.1) is 18.9 Å². The summed E-state index contributed by atoms with van der Waals surface area (Å²) >= 11 is 0. The maximum absolute atomic E-state index is 11.9. The average Bonchev–Trinajstić information content (AvgIpc) is 3.00. The lowest BCUT2D eigenvalue weighted by atomic mass is 10.2. The molecule has 2 heterocycles. The van der Waals surface area contributed by atoms with Gasteiger partial charge in [-0.25, -0.2) is 9.59 Å². The summed E-state index contributed by atoms with van der Waals surface area (Å²) in [5.74, 6) is 0.519. The highest BCUT2D eigenvalue weighted by Gasteiger charge is 2.25. The van der Waals surface area contributed by atoms with Crippen LogP contribution in [0.5, 0.6) is 0 Å². The minimum atomic E-state index is -0.928. The fourth-order valence-corrected chi connectivity index (χ4v) is 2.34. The zero-order chi connectivity index (χ0) is 18.6. The smallest absolute Gasteiger partial charge is 0.329 e. The Hall–Kier alpha value is -3.11. The van der Waals surface area contributed by atoms with Crippen molar-refractivity contribution in [2.24, 2.45) is 0 Å². The SMILES string of the molecule is C=C1N(C)CC(=O)NC(=O)NC(=O)NCc2nnc(o2)C(CC)N1C. The van der Waals surface area contributed by atoms with Gasteiger partial charge in [0.2, 0.25) is 17.7 Å². The Balaban J connectivity index is 2.28. The summed E-state index contributed by atoms with van der Waals surface area (Å²) in [6.07, 6.45) is 0.656. The molecular formula is C14H21N7O4. The van der Waals surface area contributed by atoms with Gasteiger partial charge in [-0.3, -0.25) is 15.4 Å². The number of fused-ring (bicyclic) bond motifs is 2. The molecule has 0 saturated heterocycles. The molecule has 0 radical (unpaired) electrons. The van der Waals surface area contributed by atoms with E-state index in [9.17, 15) is 14.4 Å². The highest BCUT2D eigenvalue weighted by molar-refractivity contribution is 6.02. The molecule has 0 saturated carbocycles. The van der Waals surface area contributed by atoms with Crippen LogP contribution >= 0.6 is 0 Å². The van der Waals surface area contributed by atoms with Crippen LogP contribution in [0.1, 0.15) is 31.2 Å². The summed E-state index contributed by atoms with van der Waals surface area (Å²) in [6, 6.07) is -1.97. The number of amides is 5. The average molecular weight is 351 g/mol. The topological polar surface area (TPSA) is 133 Å². The number of hydrogen-bond donors (Lipinski definition) is 3. The van der Waals surface area contributed by atoms with Crippen LogP contribution in [0.4, 0.5) is 9.59 Å². The van der Waals surface area contributed by atoms with Gasteiger partial charge < -0.3 is 19.5 Å². The van der Waals surface area contributed by atoms with Crippen LogP contribution in [0, 0.1) is 0 Å². The number of carbonyl (C=O) groups is 3. The number of nitrogens with one attached hydrogen (secondary N) is 3. The van der Waals surface area contributed by atoms with Gasteiger partial charge >= 0.3 is 12.1 Å². The Kier molecular flexibility index (Phi) is 5.57. The summed E-state index contributed by atoms with van der Waals surface area (Å²) in [5.41, 5.74) is 0. The van der Waals surface area contributed by atoms with Crippen molar-refractivity contribution in [2.45, 2.75) is 25.9 Å². The van der Waals surface area contributed by atoms with E-state index in [4.69, 9.17) is 4.42 Å². The van der Waals surface area contributed by atoms with Crippen LogP contribution in [0.3, 0.4) is 0 Å². The molecule has 11 heteroatoms. The monoisotopic (exact) mass is 351 g/mol. The van der Waals surface area contributed by atoms with Gasteiger partial charge in [-0.05, 0) is 6.42 Å². The molecule has 2 bridgehead atoms. The molecule has 0 aromatic carbocycles. The first-order chi connectivity index (χ1) is 11.8. The van der Waals surface area contributed by atoms with Crippen LogP contribution in [0.2, 0.25) is 0 Å². The second kappa shape index (κ2) is 7.64. The molecule has 1 unspecified atom stereocenters. The van der Waals surface area contributed by atoms with Crippen molar-refractivity contribution in [3.8, 4) is 0 Å². The molecular weight excluding hydrogens is 330 g/mol. The number of nitrogens with zero attached hydrogens (tertiary/aromatic N) is 4. The van der Waals surface area contributed by atoms with Crippen LogP contribution < -0.4 is 16.0 Å². The molecule has 1 aliphatic rings. The molecule has 3 N–H and O–H groups in total. The van der Waals surface area contributed by atoms with E-state index in [0.29, 0.717) is 18.1 Å². The second-order valence-electron chi connectivity index (χ2n) is 5.53. The number of aromatic nitrogens is 2. The van der Waals surface area contributed by atoms with Crippen molar-refractivity contribution >= 4 is 18.0 Å². The maximum Gasteiger partial charge on any atom is 0.329 e. The molecule has 1 aliphatic heterocycles. The number of carbonyl (C=O) groups excluding carboxylic acids is 3. The predicted molar refractivity (Wildman–Crippen MR) is 85.8 cm³/mol. The van der Waals surface area contributed by atoms with Crippen LogP contribution in [-0.4, -0.2) is 58.6 Å². The molecule has 1 aromatic rings. The van der Waals surface area contributed by atoms with E-state index in [1.165, 1.54) is 0 Å². The van der Waals surface area contributed by atoms with E-state index < -0.39 is 18.0 Å². The molecule has 11 nitrogen and oxygen atoms in total. The summed E-state index contributed by atoms with van der Waals surface area (Å²) in [5, 5.41) is 14.3. The lowest BCUT2D eigenvalue weighted by Gasteiger charge is -2.33. The first-order valence-electron chi connectivity index (χ1n) is 7.65. The summed E-state index contributed by atoms with van der Waals surface area (Å²) in [6.45, 7) is 5.74. The first kappa shape index (κ1) is 18.2. The zero-order valence-electron chi connectivity index (χ0n) is 14.3. The highest BCUT2D eigenvalue weighted by atomic mass is 16.4. The largest absolute Gasteiger partial charge is 0.421 e. The molecule has 0 aliphatic carbocycles. The third-order valence-electron chi connectivity index (χ3n) is 3.73. The molecule has 0 fully saturated rings. The van der Waals surface area contributed by atoms with E-state index in [1.807, 2.05) is 17.1 Å². The Morgan fingerprint density at radius 3 is 2.60 bits per heavy atom. The van der Waals surface area contributed by atoms with E-state index in [1.54, 1.807) is 19.0 Å². The van der Waals surface area contributed by atoms with Crippen molar-refractivity contribution in [3.63, 3.8) is 0 Å². The van der Waals surface area contributed by atoms with Crippen molar-refractivity contribution in [1.82, 2.24) is 35.9 Å². The third-order valence-corrected chi connectivity index (χ3v) is 3.73. The highest BCUT2D eigenvalue weighted by Crippen LogP contribution is 2.25. The third kappa shape index (κ3) is 4.46. The number of urea groups is 2. The van der Waals surface area contributed by atoms with Crippen LogP contribution in [-0.2, 0) is 11.3 Å². The minimum Gasteiger partial charge on any atom is -0.421 e. The quantitative estimate of drug-likeness (QED) is 0.639. The Bertz CT molecular complexity index is 686. The van der Waals surface area contributed by atoms with E-state index in [2.05, 4.69) is 27.4 Å². The summed E-state index contributed by atoms with van der Waals surface area (Å²) in [7, 11) is 3.45. The fourth-order valence-electron chi connectivity index (χ4n) is 2.34. The van der Waals surface area contributed by atoms with Gasteiger partial charge in [0.25, 0.3) is 0 Å². The lowest BCUT2D eigenvalue weighted by Crippen LogP contribution is -2.48. The van der Waals surface area contributed by atoms with Crippen molar-refractivity contribution in [3.05, 3.63) is 24.2 Å². The number of imide groups is 2. The molecule has 0 spiro atoms. The summed E-state index contributed by atoms with van der Waals surface area (Å²) in [4.78, 5) is 38.5. The normalized spacial score (nSPS) is 20.4. The van der Waals surface area contributed by atoms with Gasteiger partial charge in [0, 0.05) is 14.1 Å². The van der Waals surface area contributed by atoms with Gasteiger partial charge in [-0.15, -0.1) is 10.2 Å². The van der Waals surface area contributed by atoms with Gasteiger partial charge in [-0.1, -0.05) is 13.5 Å². The van der Waals surface area contributed by atoms with Crippen molar-refractivity contribution < 1.29 is 18.8 Å². The Morgan fingerprint density at radius 1 is 1.20 bits per heavy atom.